The maximum Gasteiger partial charge on any atom is 0.338 e. The van der Waals surface area contributed by atoms with E-state index < -0.39 is 12.4 Å². The van der Waals surface area contributed by atoms with E-state index in [0.717, 1.165) is 0 Å². The first-order valence-electron chi connectivity index (χ1n) is 4.71. The number of pyridine rings is 1. The Morgan fingerprint density at radius 3 is 2.76 bits per heavy atom. The molecule has 0 spiro atoms. The molecule has 7 heteroatoms. The average Bonchev–Trinajstić information content (AvgIpc) is 2.27. The van der Waals surface area contributed by atoms with Crippen molar-refractivity contribution in [1.29, 1.82) is 0 Å². The van der Waals surface area contributed by atoms with Crippen LogP contribution in [0.4, 0.5) is 8.78 Å². The first-order valence-corrected chi connectivity index (χ1v) is 6.91. The molecule has 0 unspecified atom stereocenters. The summed E-state index contributed by atoms with van der Waals surface area (Å²) in [5.74, 6) is -0.745. The molecule has 0 saturated heterocycles. The summed E-state index contributed by atoms with van der Waals surface area (Å²) in [6, 6.07) is 1.31. The Hall–Kier alpha value is -0.310. The van der Waals surface area contributed by atoms with Gasteiger partial charge >= 0.3 is 5.97 Å². The summed E-state index contributed by atoms with van der Waals surface area (Å²) in [7, 11) is 0. The quantitative estimate of drug-likeness (QED) is 0.323. The van der Waals surface area contributed by atoms with Gasteiger partial charge in [0.2, 0.25) is 0 Å². The van der Waals surface area contributed by atoms with Crippen molar-refractivity contribution in [3.8, 4) is 0 Å². The van der Waals surface area contributed by atoms with Crippen LogP contribution in [-0.2, 0) is 10.1 Å². The lowest BCUT2D eigenvalue weighted by molar-refractivity contribution is 0.0514. The zero-order valence-corrected chi connectivity index (χ0v) is 12.6. The Bertz CT molecular complexity index is 429. The van der Waals surface area contributed by atoms with E-state index in [1.807, 2.05) is 22.6 Å². The van der Waals surface area contributed by atoms with Crippen LogP contribution in [0.15, 0.2) is 6.07 Å². The lowest BCUT2D eigenvalue weighted by Crippen LogP contribution is -2.12. The first kappa shape index (κ1) is 14.7. The molecule has 0 radical (unpaired) electrons. The number of halogens is 4. The Morgan fingerprint density at radius 1 is 1.65 bits per heavy atom. The summed E-state index contributed by atoms with van der Waals surface area (Å²) >= 11 is 4.95. The number of esters is 1. The lowest BCUT2D eigenvalue weighted by atomic mass is 10.1. The standard InChI is InChI=1S/C10H9BrF2INO2/c1-2-17-10(16)5-3-7(14)15-6(4-11)8(5)9(12)13/h3,9H,2,4H2,1H3. The van der Waals surface area contributed by atoms with Crippen LogP contribution in [0.1, 0.15) is 35.0 Å². The monoisotopic (exact) mass is 419 g/mol. The zero-order valence-electron chi connectivity index (χ0n) is 8.84. The predicted molar refractivity (Wildman–Crippen MR) is 70.5 cm³/mol. The molecule has 1 aromatic rings. The summed E-state index contributed by atoms with van der Waals surface area (Å²) < 4.78 is 31.1. The van der Waals surface area contributed by atoms with Crippen molar-refractivity contribution in [2.75, 3.05) is 6.61 Å². The summed E-state index contributed by atoms with van der Waals surface area (Å²) in [6.45, 7) is 1.77. The molecule has 0 amide bonds. The second-order valence-electron chi connectivity index (χ2n) is 3.01. The van der Waals surface area contributed by atoms with Gasteiger partial charge in [-0.15, -0.1) is 0 Å². The minimum absolute atomic E-state index is 0.115. The topological polar surface area (TPSA) is 39.2 Å². The number of hydrogen-bond donors (Lipinski definition) is 0. The van der Waals surface area contributed by atoms with Crippen molar-refractivity contribution in [1.82, 2.24) is 4.98 Å². The number of alkyl halides is 3. The Morgan fingerprint density at radius 2 is 2.29 bits per heavy atom. The van der Waals surface area contributed by atoms with Gasteiger partial charge in [0.05, 0.1) is 23.4 Å². The molecule has 0 aliphatic rings. The van der Waals surface area contributed by atoms with Crippen molar-refractivity contribution in [3.05, 3.63) is 26.6 Å². The Labute approximate surface area is 119 Å². The first-order chi connectivity index (χ1) is 8.01. The van der Waals surface area contributed by atoms with Gasteiger partial charge in [0.1, 0.15) is 3.70 Å². The highest BCUT2D eigenvalue weighted by Crippen LogP contribution is 2.29. The number of carbonyl (C=O) groups is 1. The van der Waals surface area contributed by atoms with E-state index in [1.54, 1.807) is 6.92 Å². The summed E-state index contributed by atoms with van der Waals surface area (Å²) in [4.78, 5) is 15.6. The van der Waals surface area contributed by atoms with Crippen molar-refractivity contribution in [2.24, 2.45) is 0 Å². The van der Waals surface area contributed by atoms with Gasteiger partial charge in [0, 0.05) is 5.33 Å². The third-order valence-electron chi connectivity index (χ3n) is 1.95. The van der Waals surface area contributed by atoms with Gasteiger partial charge in [-0.1, -0.05) is 15.9 Å². The molecule has 1 heterocycles. The van der Waals surface area contributed by atoms with Crippen LogP contribution in [-0.4, -0.2) is 17.6 Å². The molecule has 0 N–H and O–H groups in total. The largest absolute Gasteiger partial charge is 0.462 e. The van der Waals surface area contributed by atoms with Gasteiger partial charge in [0.15, 0.2) is 0 Å². The maximum atomic E-state index is 12.9. The molecule has 0 aliphatic carbocycles. The highest BCUT2D eigenvalue weighted by atomic mass is 127. The molecule has 0 aromatic carbocycles. The van der Waals surface area contributed by atoms with Crippen LogP contribution in [0.5, 0.6) is 0 Å². The fraction of sp³-hybridized carbons (Fsp3) is 0.400. The molecule has 17 heavy (non-hydrogen) atoms. The second-order valence-corrected chi connectivity index (χ2v) is 4.67. The Kier molecular flexibility index (Phi) is 5.71. The van der Waals surface area contributed by atoms with E-state index >= 15 is 0 Å². The average molecular weight is 420 g/mol. The van der Waals surface area contributed by atoms with Gasteiger partial charge in [-0.3, -0.25) is 0 Å². The van der Waals surface area contributed by atoms with Crippen molar-refractivity contribution in [3.63, 3.8) is 0 Å². The molecular formula is C10H9BrF2INO2. The SMILES string of the molecule is CCOC(=O)c1cc(I)nc(CBr)c1C(F)F. The molecule has 0 atom stereocenters. The number of rotatable bonds is 4. The minimum Gasteiger partial charge on any atom is -0.462 e. The number of hydrogen-bond acceptors (Lipinski definition) is 3. The second kappa shape index (κ2) is 6.58. The molecular weight excluding hydrogens is 411 g/mol. The Balaban J connectivity index is 3.35. The van der Waals surface area contributed by atoms with Crippen molar-refractivity contribution in [2.45, 2.75) is 18.7 Å². The maximum absolute atomic E-state index is 12.9. The fourth-order valence-corrected chi connectivity index (χ4v) is 2.33. The third-order valence-corrected chi connectivity index (χ3v) is 3.03. The van der Waals surface area contributed by atoms with E-state index in [4.69, 9.17) is 4.74 Å². The molecule has 0 bridgehead atoms. The van der Waals surface area contributed by atoms with Crippen molar-refractivity contribution < 1.29 is 18.3 Å². The van der Waals surface area contributed by atoms with Gasteiger partial charge in [0.25, 0.3) is 6.43 Å². The number of aromatic nitrogens is 1. The van der Waals surface area contributed by atoms with E-state index in [0.29, 0.717) is 3.70 Å². The molecule has 94 valence electrons. The third kappa shape index (κ3) is 3.57. The summed E-state index contributed by atoms with van der Waals surface area (Å²) in [5, 5.41) is 0.163. The predicted octanol–water partition coefficient (Wildman–Crippen LogP) is 3.70. The molecule has 0 aliphatic heterocycles. The smallest absolute Gasteiger partial charge is 0.338 e. The summed E-state index contributed by atoms with van der Waals surface area (Å²) in [5.41, 5.74) is -0.314. The molecule has 3 nitrogen and oxygen atoms in total. The lowest BCUT2D eigenvalue weighted by Gasteiger charge is -2.12. The number of nitrogens with zero attached hydrogens (tertiary/aromatic N) is 1. The van der Waals surface area contributed by atoms with Crippen LogP contribution in [0.2, 0.25) is 0 Å². The van der Waals surface area contributed by atoms with Crippen molar-refractivity contribution >= 4 is 44.5 Å². The van der Waals surface area contributed by atoms with Crippen LogP contribution in [0.25, 0.3) is 0 Å². The highest BCUT2D eigenvalue weighted by Gasteiger charge is 2.24. The van der Waals surface area contributed by atoms with E-state index in [9.17, 15) is 13.6 Å². The van der Waals surface area contributed by atoms with E-state index in [-0.39, 0.29) is 28.8 Å². The molecule has 0 saturated carbocycles. The fourth-order valence-electron chi connectivity index (χ4n) is 1.30. The van der Waals surface area contributed by atoms with Crippen LogP contribution in [0.3, 0.4) is 0 Å². The minimum atomic E-state index is -2.76. The van der Waals surface area contributed by atoms with Gasteiger partial charge in [-0.05, 0) is 35.6 Å². The highest BCUT2D eigenvalue weighted by molar-refractivity contribution is 14.1. The zero-order chi connectivity index (χ0) is 13.0. The molecule has 0 fully saturated rings. The number of carbonyl (C=O) groups excluding carboxylic acids is 1. The van der Waals surface area contributed by atoms with Crippen LogP contribution in [0, 0.1) is 3.70 Å². The van der Waals surface area contributed by atoms with E-state index in [2.05, 4.69) is 20.9 Å². The number of ether oxygens (including phenoxy) is 1. The van der Waals surface area contributed by atoms with Gasteiger partial charge in [-0.25, -0.2) is 18.6 Å². The molecule has 1 aromatic heterocycles. The van der Waals surface area contributed by atoms with Gasteiger partial charge in [-0.2, -0.15) is 0 Å². The molecule has 1 rings (SSSR count). The van der Waals surface area contributed by atoms with Crippen LogP contribution >= 0.6 is 38.5 Å². The normalized spacial score (nSPS) is 10.7. The van der Waals surface area contributed by atoms with Crippen LogP contribution < -0.4 is 0 Å². The van der Waals surface area contributed by atoms with E-state index in [1.165, 1.54) is 6.07 Å². The summed E-state index contributed by atoms with van der Waals surface area (Å²) in [6.07, 6.45) is -2.76. The van der Waals surface area contributed by atoms with Gasteiger partial charge < -0.3 is 4.74 Å².